The molecule has 0 radical (unpaired) electrons. The third-order valence-corrected chi connectivity index (χ3v) is 3.37. The Hall–Kier alpha value is 0.670. The first-order valence-electron chi connectivity index (χ1n) is 4.17. The molecule has 11 heteroatoms. The zero-order chi connectivity index (χ0) is 12.7. The zero-order valence-electron chi connectivity index (χ0n) is 7.83. The van der Waals surface area contributed by atoms with Crippen LogP contribution in [0.3, 0.4) is 0 Å². The molecule has 5 atom stereocenters. The van der Waals surface area contributed by atoms with Crippen molar-refractivity contribution in [2.45, 2.75) is 29.5 Å². The van der Waals surface area contributed by atoms with Gasteiger partial charge in [-0.05, 0) is 0 Å². The average Bonchev–Trinajstić information content (AvgIpc) is 2.19. The van der Waals surface area contributed by atoms with Crippen molar-refractivity contribution in [3.8, 4) is 0 Å². The topological polar surface area (TPSA) is 165 Å². The van der Waals surface area contributed by atoms with Crippen molar-refractivity contribution in [2.24, 2.45) is 0 Å². The van der Waals surface area contributed by atoms with E-state index >= 15 is 0 Å². The standard InChI is InChI=1S/C6H12O9S.Na.H/c7-1-2-3(8)4(9)5(10)6(11,15-2)16(12,13)14;;/h2-5,7-11H,1H2,(H,12,13,14);;/t2-,3-,4+,5-,6+;;/m1../s1. The summed E-state index contributed by atoms with van der Waals surface area (Å²) in [5.41, 5.74) is 0. The van der Waals surface area contributed by atoms with Crippen molar-refractivity contribution in [3.63, 3.8) is 0 Å². The van der Waals surface area contributed by atoms with Crippen LogP contribution in [0.2, 0.25) is 0 Å². The van der Waals surface area contributed by atoms with Gasteiger partial charge in [0.05, 0.1) is 6.61 Å². The summed E-state index contributed by atoms with van der Waals surface area (Å²) in [6.07, 6.45) is -8.04. The first kappa shape index (κ1) is 17.7. The number of rotatable bonds is 2. The molecule has 1 rings (SSSR count). The summed E-state index contributed by atoms with van der Waals surface area (Å²) in [6.45, 7) is -0.928. The van der Waals surface area contributed by atoms with Gasteiger partial charge in [0.1, 0.15) is 18.3 Å². The van der Waals surface area contributed by atoms with E-state index in [0.717, 1.165) is 0 Å². The Morgan fingerprint density at radius 3 is 2.00 bits per heavy atom. The fourth-order valence-corrected chi connectivity index (χ4v) is 2.03. The molecule has 1 fully saturated rings. The van der Waals surface area contributed by atoms with Gasteiger partial charge in [0.2, 0.25) is 0 Å². The Morgan fingerprint density at radius 1 is 1.18 bits per heavy atom. The van der Waals surface area contributed by atoms with E-state index in [1.165, 1.54) is 0 Å². The molecule has 1 aliphatic heterocycles. The van der Waals surface area contributed by atoms with Gasteiger partial charge in [0.15, 0.2) is 6.10 Å². The maximum absolute atomic E-state index is 10.8. The molecular weight excluding hydrogens is 271 g/mol. The molecule has 1 heterocycles. The molecule has 0 saturated carbocycles. The van der Waals surface area contributed by atoms with Gasteiger partial charge in [-0.15, -0.1) is 0 Å². The Kier molecular flexibility index (Phi) is 5.98. The summed E-state index contributed by atoms with van der Waals surface area (Å²) in [7, 11) is -5.27. The van der Waals surface area contributed by atoms with Crippen molar-refractivity contribution in [2.75, 3.05) is 6.61 Å². The Labute approximate surface area is 119 Å². The van der Waals surface area contributed by atoms with Crippen LogP contribution in [-0.4, -0.2) is 104 Å². The second-order valence-corrected chi connectivity index (χ2v) is 4.91. The molecule has 0 aromatic carbocycles. The van der Waals surface area contributed by atoms with Crippen LogP contribution in [0.5, 0.6) is 0 Å². The molecular formula is C6H13NaO9S. The summed E-state index contributed by atoms with van der Waals surface area (Å²) >= 11 is 0. The molecule has 0 aliphatic carbocycles. The predicted octanol–water partition coefficient (Wildman–Crippen LogP) is -4.65. The molecule has 0 aromatic rings. The van der Waals surface area contributed by atoms with Gasteiger partial charge < -0.3 is 30.3 Å². The molecule has 1 saturated heterocycles. The van der Waals surface area contributed by atoms with E-state index in [9.17, 15) is 28.8 Å². The number of aliphatic hydroxyl groups excluding tert-OH is 4. The molecule has 0 bridgehead atoms. The van der Waals surface area contributed by atoms with Crippen molar-refractivity contribution in [3.05, 3.63) is 0 Å². The van der Waals surface area contributed by atoms with Crippen LogP contribution in [0.25, 0.3) is 0 Å². The van der Waals surface area contributed by atoms with E-state index in [1.54, 1.807) is 0 Å². The van der Waals surface area contributed by atoms with Crippen LogP contribution >= 0.6 is 0 Å². The van der Waals surface area contributed by atoms with E-state index in [1.807, 2.05) is 0 Å². The zero-order valence-corrected chi connectivity index (χ0v) is 8.65. The fourth-order valence-electron chi connectivity index (χ4n) is 1.34. The van der Waals surface area contributed by atoms with Crippen molar-refractivity contribution >= 4 is 39.7 Å². The molecule has 1 aliphatic rings. The summed E-state index contributed by atoms with van der Waals surface area (Å²) < 4.78 is 34.5. The van der Waals surface area contributed by atoms with Crippen LogP contribution in [0, 0.1) is 0 Å². The van der Waals surface area contributed by atoms with E-state index < -0.39 is 46.3 Å². The second kappa shape index (κ2) is 5.75. The molecule has 0 amide bonds. The normalized spacial score (nSPS) is 42.9. The van der Waals surface area contributed by atoms with Gasteiger partial charge in [0, 0.05) is 0 Å². The van der Waals surface area contributed by atoms with Crippen LogP contribution in [0.1, 0.15) is 0 Å². The summed E-state index contributed by atoms with van der Waals surface area (Å²) in [5.74, 6) is 0. The first-order valence-corrected chi connectivity index (χ1v) is 5.61. The molecule has 17 heavy (non-hydrogen) atoms. The van der Waals surface area contributed by atoms with Gasteiger partial charge in [0.25, 0.3) is 0 Å². The Morgan fingerprint density at radius 2 is 1.65 bits per heavy atom. The number of ether oxygens (including phenoxy) is 1. The summed E-state index contributed by atoms with van der Waals surface area (Å²) in [4.78, 5) is 0. The molecule has 98 valence electrons. The quantitative estimate of drug-likeness (QED) is 0.216. The fraction of sp³-hybridized carbons (Fsp3) is 1.00. The molecule has 0 unspecified atom stereocenters. The van der Waals surface area contributed by atoms with E-state index in [2.05, 4.69) is 4.74 Å². The first-order chi connectivity index (χ1) is 7.15. The maximum atomic E-state index is 10.8. The van der Waals surface area contributed by atoms with E-state index in [4.69, 9.17) is 9.66 Å². The van der Waals surface area contributed by atoms with Crippen LogP contribution in [-0.2, 0) is 14.9 Å². The monoisotopic (exact) mass is 284 g/mol. The summed E-state index contributed by atoms with van der Waals surface area (Å²) in [5, 5.41) is 42.2. The number of hydrogen-bond acceptors (Lipinski definition) is 8. The van der Waals surface area contributed by atoms with Gasteiger partial charge in [-0.1, -0.05) is 0 Å². The molecule has 9 nitrogen and oxygen atoms in total. The minimum atomic E-state index is -5.27. The third-order valence-electron chi connectivity index (χ3n) is 2.30. The van der Waals surface area contributed by atoms with Crippen molar-refractivity contribution < 1.29 is 43.2 Å². The van der Waals surface area contributed by atoms with Crippen LogP contribution in [0.15, 0.2) is 0 Å². The van der Waals surface area contributed by atoms with Gasteiger partial charge in [-0.25, -0.2) is 0 Å². The molecule has 0 spiro atoms. The van der Waals surface area contributed by atoms with Gasteiger partial charge in [-0.3, -0.25) is 4.55 Å². The predicted molar refractivity (Wildman–Crippen MR) is 53.6 cm³/mol. The Bertz CT molecular complexity index is 356. The van der Waals surface area contributed by atoms with Crippen molar-refractivity contribution in [1.29, 1.82) is 0 Å². The second-order valence-electron chi connectivity index (χ2n) is 3.37. The number of aliphatic hydroxyl groups is 5. The van der Waals surface area contributed by atoms with E-state index in [-0.39, 0.29) is 29.6 Å². The van der Waals surface area contributed by atoms with Crippen LogP contribution in [0.4, 0.5) is 0 Å². The SMILES string of the molecule is O=S(=O)(O)[C@@]1(O)O[C@H](CO)[C@@H](O)[C@H](O)[C@H]1O.[NaH]. The van der Waals surface area contributed by atoms with E-state index in [0.29, 0.717) is 0 Å². The third kappa shape index (κ3) is 2.98. The van der Waals surface area contributed by atoms with Crippen molar-refractivity contribution in [1.82, 2.24) is 0 Å². The van der Waals surface area contributed by atoms with Crippen LogP contribution < -0.4 is 0 Å². The molecule has 0 aromatic heterocycles. The average molecular weight is 284 g/mol. The summed E-state index contributed by atoms with van der Waals surface area (Å²) in [6, 6.07) is 0. The molecule has 6 N–H and O–H groups in total. The van der Waals surface area contributed by atoms with Gasteiger partial charge >= 0.3 is 44.8 Å². The number of hydrogen-bond donors (Lipinski definition) is 6. The van der Waals surface area contributed by atoms with Gasteiger partial charge in [-0.2, -0.15) is 8.42 Å². The minimum absolute atomic E-state index is 0. The Balaban J connectivity index is 0.00000256.